The molecule has 0 saturated heterocycles. The lowest BCUT2D eigenvalue weighted by Crippen LogP contribution is -2.24. The van der Waals surface area contributed by atoms with Crippen molar-refractivity contribution in [2.24, 2.45) is 10.9 Å². The number of fused-ring (bicyclic) bond motifs is 1. The van der Waals surface area contributed by atoms with Crippen molar-refractivity contribution in [1.82, 2.24) is 0 Å². The highest BCUT2D eigenvalue weighted by molar-refractivity contribution is 6.35. The third-order valence-corrected chi connectivity index (χ3v) is 3.47. The van der Waals surface area contributed by atoms with E-state index in [0.29, 0.717) is 11.4 Å². The molecule has 1 unspecified atom stereocenters. The normalized spacial score (nSPS) is 13.4. The first kappa shape index (κ1) is 14.5. The predicted octanol–water partition coefficient (Wildman–Crippen LogP) is 3.79. The van der Waals surface area contributed by atoms with Crippen molar-refractivity contribution in [3.05, 3.63) is 41.4 Å². The van der Waals surface area contributed by atoms with Crippen molar-refractivity contribution in [2.45, 2.75) is 25.9 Å². The van der Waals surface area contributed by atoms with Gasteiger partial charge in [-0.3, -0.25) is 0 Å². The van der Waals surface area contributed by atoms with Gasteiger partial charge in [0.2, 0.25) is 0 Å². The largest absolute Gasteiger partial charge is 0.489 e. The second kappa shape index (κ2) is 6.48. The minimum absolute atomic E-state index is 0.143. The van der Waals surface area contributed by atoms with Gasteiger partial charge in [0.05, 0.1) is 0 Å². The SMILES string of the molecule is CCC(C/C(N)=N/O)Oc1ccc(Cl)c2ccccc12. The van der Waals surface area contributed by atoms with E-state index in [-0.39, 0.29) is 11.9 Å². The molecule has 5 heteroatoms. The lowest BCUT2D eigenvalue weighted by Gasteiger charge is -2.18. The summed E-state index contributed by atoms with van der Waals surface area (Å²) in [5, 5.41) is 14.2. The maximum Gasteiger partial charge on any atom is 0.142 e. The Labute approximate surface area is 122 Å². The van der Waals surface area contributed by atoms with Crippen LogP contribution in [0.5, 0.6) is 5.75 Å². The number of nitrogens with zero attached hydrogens (tertiary/aromatic N) is 1. The molecule has 0 spiro atoms. The topological polar surface area (TPSA) is 67.8 Å². The fraction of sp³-hybridized carbons (Fsp3) is 0.267. The molecule has 3 N–H and O–H groups in total. The Kier molecular flexibility index (Phi) is 4.69. The third kappa shape index (κ3) is 3.14. The Morgan fingerprint density at radius 1 is 1.30 bits per heavy atom. The Bertz CT molecular complexity index is 628. The highest BCUT2D eigenvalue weighted by atomic mass is 35.5. The zero-order chi connectivity index (χ0) is 14.5. The molecule has 0 bridgehead atoms. The lowest BCUT2D eigenvalue weighted by atomic mass is 10.1. The molecule has 0 aliphatic heterocycles. The maximum atomic E-state index is 8.64. The van der Waals surface area contributed by atoms with Gasteiger partial charge in [0, 0.05) is 22.2 Å². The summed E-state index contributed by atoms with van der Waals surface area (Å²) in [7, 11) is 0. The highest BCUT2D eigenvalue weighted by Crippen LogP contribution is 2.32. The van der Waals surface area contributed by atoms with Crippen LogP contribution in [-0.2, 0) is 0 Å². The van der Waals surface area contributed by atoms with Crippen LogP contribution in [-0.4, -0.2) is 17.1 Å². The molecule has 0 radical (unpaired) electrons. The van der Waals surface area contributed by atoms with E-state index in [2.05, 4.69) is 5.16 Å². The van der Waals surface area contributed by atoms with E-state index in [0.717, 1.165) is 22.9 Å². The van der Waals surface area contributed by atoms with Crippen molar-refractivity contribution in [1.29, 1.82) is 0 Å². The van der Waals surface area contributed by atoms with Crippen molar-refractivity contribution in [2.75, 3.05) is 0 Å². The van der Waals surface area contributed by atoms with Gasteiger partial charge >= 0.3 is 0 Å². The van der Waals surface area contributed by atoms with E-state index in [1.54, 1.807) is 0 Å². The molecule has 20 heavy (non-hydrogen) atoms. The molecule has 0 saturated carbocycles. The summed E-state index contributed by atoms with van der Waals surface area (Å²) in [5.41, 5.74) is 5.54. The molecule has 2 aromatic rings. The number of nitrogens with two attached hydrogens (primary N) is 1. The van der Waals surface area contributed by atoms with Gasteiger partial charge in [-0.15, -0.1) is 0 Å². The van der Waals surface area contributed by atoms with E-state index in [1.165, 1.54) is 0 Å². The quantitative estimate of drug-likeness (QED) is 0.381. The van der Waals surface area contributed by atoms with Gasteiger partial charge in [-0.2, -0.15) is 0 Å². The first-order chi connectivity index (χ1) is 9.65. The molecule has 1 atom stereocenters. The van der Waals surface area contributed by atoms with E-state index in [9.17, 15) is 0 Å². The number of hydrogen-bond donors (Lipinski definition) is 2. The molecule has 0 amide bonds. The average molecular weight is 293 g/mol. The minimum Gasteiger partial charge on any atom is -0.489 e. The molecular weight excluding hydrogens is 276 g/mol. The van der Waals surface area contributed by atoms with Crippen LogP contribution in [0.3, 0.4) is 0 Å². The van der Waals surface area contributed by atoms with Crippen molar-refractivity contribution < 1.29 is 9.94 Å². The van der Waals surface area contributed by atoms with Crippen LogP contribution >= 0.6 is 11.6 Å². The van der Waals surface area contributed by atoms with Crippen LogP contribution in [0.15, 0.2) is 41.6 Å². The van der Waals surface area contributed by atoms with E-state index in [4.69, 9.17) is 27.3 Å². The number of oxime groups is 1. The van der Waals surface area contributed by atoms with E-state index in [1.807, 2.05) is 43.3 Å². The standard InChI is InChI=1S/C15H17ClN2O2/c1-2-10(9-15(17)18-19)20-14-8-7-13(16)11-5-3-4-6-12(11)14/h3-8,10,19H,2,9H2,1H3,(H2,17,18). The summed E-state index contributed by atoms with van der Waals surface area (Å²) < 4.78 is 5.97. The van der Waals surface area contributed by atoms with Crippen LogP contribution in [0.1, 0.15) is 19.8 Å². The van der Waals surface area contributed by atoms with Crippen LogP contribution < -0.4 is 10.5 Å². The number of amidine groups is 1. The van der Waals surface area contributed by atoms with Gasteiger partial charge in [-0.25, -0.2) is 0 Å². The van der Waals surface area contributed by atoms with Crippen LogP contribution in [0.25, 0.3) is 10.8 Å². The van der Waals surface area contributed by atoms with Gasteiger partial charge in [-0.1, -0.05) is 47.9 Å². The molecule has 0 aliphatic carbocycles. The molecular formula is C15H17ClN2O2. The zero-order valence-corrected chi connectivity index (χ0v) is 12.0. The van der Waals surface area contributed by atoms with Gasteiger partial charge in [0.15, 0.2) is 0 Å². The van der Waals surface area contributed by atoms with Crippen molar-refractivity contribution >= 4 is 28.2 Å². The molecule has 2 aromatic carbocycles. The fourth-order valence-corrected chi connectivity index (χ4v) is 2.29. The molecule has 106 valence electrons. The van der Waals surface area contributed by atoms with E-state index >= 15 is 0 Å². The van der Waals surface area contributed by atoms with Gasteiger partial charge in [0.1, 0.15) is 17.7 Å². The fourth-order valence-electron chi connectivity index (χ4n) is 2.06. The van der Waals surface area contributed by atoms with Gasteiger partial charge in [-0.05, 0) is 18.6 Å². The Morgan fingerprint density at radius 3 is 2.65 bits per heavy atom. The first-order valence-electron chi connectivity index (χ1n) is 6.46. The van der Waals surface area contributed by atoms with Crippen LogP contribution in [0.2, 0.25) is 5.02 Å². The predicted molar refractivity (Wildman–Crippen MR) is 81.7 cm³/mol. The average Bonchev–Trinajstić information content (AvgIpc) is 2.49. The van der Waals surface area contributed by atoms with Gasteiger partial charge in [0.25, 0.3) is 0 Å². The Balaban J connectivity index is 2.31. The molecule has 0 heterocycles. The van der Waals surface area contributed by atoms with Crippen molar-refractivity contribution in [3.63, 3.8) is 0 Å². The highest BCUT2D eigenvalue weighted by Gasteiger charge is 2.13. The van der Waals surface area contributed by atoms with Crippen molar-refractivity contribution in [3.8, 4) is 5.75 Å². The second-order valence-corrected chi connectivity index (χ2v) is 4.94. The summed E-state index contributed by atoms with van der Waals surface area (Å²) in [5.74, 6) is 0.915. The molecule has 0 fully saturated rings. The number of rotatable bonds is 5. The smallest absolute Gasteiger partial charge is 0.142 e. The zero-order valence-electron chi connectivity index (χ0n) is 11.2. The monoisotopic (exact) mass is 292 g/mol. The third-order valence-electron chi connectivity index (χ3n) is 3.15. The summed E-state index contributed by atoms with van der Waals surface area (Å²) in [6.45, 7) is 1.99. The number of ether oxygens (including phenoxy) is 1. The molecule has 2 rings (SSSR count). The number of hydrogen-bond acceptors (Lipinski definition) is 3. The van der Waals surface area contributed by atoms with E-state index < -0.39 is 0 Å². The van der Waals surface area contributed by atoms with Crippen LogP contribution in [0, 0.1) is 0 Å². The van der Waals surface area contributed by atoms with Gasteiger partial charge < -0.3 is 15.7 Å². The summed E-state index contributed by atoms with van der Waals surface area (Å²) in [4.78, 5) is 0. The summed E-state index contributed by atoms with van der Waals surface area (Å²) in [6, 6.07) is 11.5. The van der Waals surface area contributed by atoms with Crippen LogP contribution in [0.4, 0.5) is 0 Å². The summed E-state index contributed by atoms with van der Waals surface area (Å²) in [6.07, 6.45) is 0.993. The molecule has 4 nitrogen and oxygen atoms in total. The minimum atomic E-state index is -0.143. The maximum absolute atomic E-state index is 8.64. The molecule has 0 aromatic heterocycles. The Hall–Kier alpha value is -1.94. The summed E-state index contributed by atoms with van der Waals surface area (Å²) >= 11 is 6.18. The number of benzene rings is 2. The molecule has 0 aliphatic rings. The first-order valence-corrected chi connectivity index (χ1v) is 6.83. The lowest BCUT2D eigenvalue weighted by molar-refractivity contribution is 0.205. The Morgan fingerprint density at radius 2 is 2.00 bits per heavy atom. The second-order valence-electron chi connectivity index (χ2n) is 4.53. The number of halogens is 1.